The first-order chi connectivity index (χ1) is 5.77. The molecular formula is C9H13NO2. The molecule has 1 aromatic rings. The maximum atomic E-state index is 5.06. The van der Waals surface area contributed by atoms with Gasteiger partial charge in [0.25, 0.3) is 0 Å². The van der Waals surface area contributed by atoms with E-state index in [1.807, 2.05) is 25.1 Å². The van der Waals surface area contributed by atoms with Crippen LogP contribution in [-0.4, -0.2) is 7.11 Å². The van der Waals surface area contributed by atoms with E-state index in [2.05, 4.69) is 4.84 Å². The van der Waals surface area contributed by atoms with Crippen LogP contribution in [0.4, 0.5) is 0 Å². The van der Waals surface area contributed by atoms with Crippen molar-refractivity contribution in [3.63, 3.8) is 0 Å². The summed E-state index contributed by atoms with van der Waals surface area (Å²) in [5.74, 6) is 5.81. The molecule has 0 aliphatic heterocycles. The topological polar surface area (TPSA) is 44.5 Å². The predicted molar refractivity (Wildman–Crippen MR) is 46.7 cm³/mol. The molecule has 1 rings (SSSR count). The summed E-state index contributed by atoms with van der Waals surface area (Å²) in [5, 5.41) is 0. The molecule has 0 radical (unpaired) electrons. The molecule has 3 heteroatoms. The maximum absolute atomic E-state index is 5.06. The largest absolute Gasteiger partial charge is 0.497 e. The highest BCUT2D eigenvalue weighted by atomic mass is 16.6. The number of hydrogen-bond donors (Lipinski definition) is 1. The first-order valence-corrected chi connectivity index (χ1v) is 3.73. The number of ether oxygens (including phenoxy) is 1. The van der Waals surface area contributed by atoms with Gasteiger partial charge in [-0.2, -0.15) is 0 Å². The molecule has 0 atom stereocenters. The predicted octanol–water partition coefficient (Wildman–Crippen LogP) is 1.39. The Labute approximate surface area is 72.0 Å². The van der Waals surface area contributed by atoms with Crippen molar-refractivity contribution in [2.45, 2.75) is 13.5 Å². The Morgan fingerprint density at radius 3 is 2.75 bits per heavy atom. The molecule has 66 valence electrons. The van der Waals surface area contributed by atoms with Crippen molar-refractivity contribution in [1.29, 1.82) is 0 Å². The highest BCUT2D eigenvalue weighted by Gasteiger charge is 1.99. The lowest BCUT2D eigenvalue weighted by Gasteiger charge is -2.06. The van der Waals surface area contributed by atoms with E-state index < -0.39 is 0 Å². The lowest BCUT2D eigenvalue weighted by molar-refractivity contribution is 0.123. The van der Waals surface area contributed by atoms with Crippen LogP contribution in [0.1, 0.15) is 11.1 Å². The molecule has 0 saturated heterocycles. The zero-order valence-corrected chi connectivity index (χ0v) is 7.33. The van der Waals surface area contributed by atoms with Gasteiger partial charge in [0.05, 0.1) is 13.7 Å². The van der Waals surface area contributed by atoms with Crippen LogP contribution in [0.5, 0.6) is 5.75 Å². The van der Waals surface area contributed by atoms with E-state index in [0.717, 1.165) is 16.9 Å². The zero-order chi connectivity index (χ0) is 8.97. The average Bonchev–Trinajstić information content (AvgIpc) is 2.09. The third kappa shape index (κ3) is 1.96. The fourth-order valence-electron chi connectivity index (χ4n) is 1.02. The van der Waals surface area contributed by atoms with Crippen LogP contribution in [0.15, 0.2) is 18.2 Å². The Hall–Kier alpha value is -1.06. The summed E-state index contributed by atoms with van der Waals surface area (Å²) in [7, 11) is 1.64. The van der Waals surface area contributed by atoms with Gasteiger partial charge in [-0.05, 0) is 30.2 Å². The Kier molecular flexibility index (Phi) is 3.08. The molecule has 12 heavy (non-hydrogen) atoms. The fraction of sp³-hybridized carbons (Fsp3) is 0.333. The molecular weight excluding hydrogens is 154 g/mol. The van der Waals surface area contributed by atoms with Crippen LogP contribution in [0.2, 0.25) is 0 Å². The van der Waals surface area contributed by atoms with Gasteiger partial charge >= 0.3 is 0 Å². The smallest absolute Gasteiger partial charge is 0.119 e. The van der Waals surface area contributed by atoms with Gasteiger partial charge in [-0.15, -0.1) is 0 Å². The molecule has 0 heterocycles. The Morgan fingerprint density at radius 2 is 2.17 bits per heavy atom. The van der Waals surface area contributed by atoms with E-state index in [1.54, 1.807) is 7.11 Å². The number of rotatable bonds is 3. The van der Waals surface area contributed by atoms with Crippen LogP contribution in [0.25, 0.3) is 0 Å². The molecule has 0 amide bonds. The molecule has 0 aromatic heterocycles. The van der Waals surface area contributed by atoms with Crippen molar-refractivity contribution < 1.29 is 9.57 Å². The van der Waals surface area contributed by atoms with Gasteiger partial charge in [0.1, 0.15) is 5.75 Å². The number of aryl methyl sites for hydroxylation is 1. The van der Waals surface area contributed by atoms with E-state index in [-0.39, 0.29) is 0 Å². The summed E-state index contributed by atoms with van der Waals surface area (Å²) in [6.07, 6.45) is 0. The third-order valence-electron chi connectivity index (χ3n) is 1.80. The summed E-state index contributed by atoms with van der Waals surface area (Å²) < 4.78 is 5.06. The number of benzene rings is 1. The van der Waals surface area contributed by atoms with Crippen LogP contribution < -0.4 is 10.6 Å². The molecule has 0 saturated carbocycles. The zero-order valence-electron chi connectivity index (χ0n) is 7.33. The summed E-state index contributed by atoms with van der Waals surface area (Å²) in [6, 6.07) is 5.81. The number of hydrogen-bond acceptors (Lipinski definition) is 3. The van der Waals surface area contributed by atoms with Gasteiger partial charge in [0.2, 0.25) is 0 Å². The molecule has 0 aliphatic carbocycles. The lowest BCUT2D eigenvalue weighted by atomic mass is 10.1. The SMILES string of the molecule is COc1ccc(C)c(CON)c1. The molecule has 0 bridgehead atoms. The molecule has 3 nitrogen and oxygen atoms in total. The highest BCUT2D eigenvalue weighted by molar-refractivity contribution is 5.34. The van der Waals surface area contributed by atoms with Gasteiger partial charge < -0.3 is 4.74 Å². The summed E-state index contributed by atoms with van der Waals surface area (Å²) in [5.41, 5.74) is 2.21. The van der Waals surface area contributed by atoms with Crippen molar-refractivity contribution in [3.05, 3.63) is 29.3 Å². The first kappa shape index (κ1) is 9.03. The second kappa shape index (κ2) is 4.09. The normalized spacial score (nSPS) is 9.92. The van der Waals surface area contributed by atoms with Gasteiger partial charge in [0, 0.05) is 0 Å². The van der Waals surface area contributed by atoms with E-state index in [4.69, 9.17) is 10.6 Å². The summed E-state index contributed by atoms with van der Waals surface area (Å²) in [6.45, 7) is 2.43. The van der Waals surface area contributed by atoms with E-state index >= 15 is 0 Å². The number of methoxy groups -OCH3 is 1. The molecule has 0 aliphatic rings. The van der Waals surface area contributed by atoms with Crippen molar-refractivity contribution in [2.75, 3.05) is 7.11 Å². The summed E-state index contributed by atoms with van der Waals surface area (Å²) >= 11 is 0. The van der Waals surface area contributed by atoms with Crippen molar-refractivity contribution in [3.8, 4) is 5.75 Å². The minimum Gasteiger partial charge on any atom is -0.497 e. The van der Waals surface area contributed by atoms with Crippen molar-refractivity contribution >= 4 is 0 Å². The second-order valence-electron chi connectivity index (χ2n) is 2.60. The Morgan fingerprint density at radius 1 is 1.42 bits per heavy atom. The van der Waals surface area contributed by atoms with Crippen LogP contribution in [0, 0.1) is 6.92 Å². The lowest BCUT2D eigenvalue weighted by Crippen LogP contribution is -2.00. The maximum Gasteiger partial charge on any atom is 0.119 e. The van der Waals surface area contributed by atoms with Gasteiger partial charge in [-0.1, -0.05) is 6.07 Å². The molecule has 2 N–H and O–H groups in total. The quantitative estimate of drug-likeness (QED) is 0.692. The van der Waals surface area contributed by atoms with Crippen molar-refractivity contribution in [2.24, 2.45) is 5.90 Å². The first-order valence-electron chi connectivity index (χ1n) is 3.73. The standard InChI is InChI=1S/C9H13NO2/c1-7-3-4-9(11-2)5-8(7)6-12-10/h3-5H,6,10H2,1-2H3. The van der Waals surface area contributed by atoms with E-state index in [1.165, 1.54) is 0 Å². The van der Waals surface area contributed by atoms with Crippen LogP contribution in [-0.2, 0) is 11.4 Å². The van der Waals surface area contributed by atoms with Crippen LogP contribution >= 0.6 is 0 Å². The van der Waals surface area contributed by atoms with Gasteiger partial charge in [-0.25, -0.2) is 5.90 Å². The monoisotopic (exact) mass is 167 g/mol. The average molecular weight is 167 g/mol. The van der Waals surface area contributed by atoms with Crippen LogP contribution in [0.3, 0.4) is 0 Å². The highest BCUT2D eigenvalue weighted by Crippen LogP contribution is 2.17. The Balaban J connectivity index is 2.91. The van der Waals surface area contributed by atoms with Gasteiger partial charge in [-0.3, -0.25) is 4.84 Å². The Bertz CT molecular complexity index is 261. The van der Waals surface area contributed by atoms with Crippen molar-refractivity contribution in [1.82, 2.24) is 0 Å². The third-order valence-corrected chi connectivity index (χ3v) is 1.80. The minimum atomic E-state index is 0.420. The summed E-state index contributed by atoms with van der Waals surface area (Å²) in [4.78, 5) is 4.55. The second-order valence-corrected chi connectivity index (χ2v) is 2.60. The fourth-order valence-corrected chi connectivity index (χ4v) is 1.02. The molecule has 1 aromatic carbocycles. The van der Waals surface area contributed by atoms with Gasteiger partial charge in [0.15, 0.2) is 0 Å². The molecule has 0 fully saturated rings. The molecule has 0 spiro atoms. The van der Waals surface area contributed by atoms with E-state index in [9.17, 15) is 0 Å². The van der Waals surface area contributed by atoms with E-state index in [0.29, 0.717) is 6.61 Å². The number of nitrogens with two attached hydrogens (primary N) is 1. The molecule has 0 unspecified atom stereocenters. The minimum absolute atomic E-state index is 0.420.